The third-order valence-electron chi connectivity index (χ3n) is 6.47. The number of nitrogens with two attached hydrogens (primary N) is 2. The van der Waals surface area contributed by atoms with Crippen LogP contribution < -0.4 is 16.8 Å². The van der Waals surface area contributed by atoms with E-state index in [2.05, 4.69) is 5.32 Å². The Morgan fingerprint density at radius 2 is 1.76 bits per heavy atom. The van der Waals surface area contributed by atoms with Gasteiger partial charge in [-0.25, -0.2) is 0 Å². The van der Waals surface area contributed by atoms with E-state index in [-0.39, 0.29) is 12.3 Å². The van der Waals surface area contributed by atoms with Gasteiger partial charge in [-0.1, -0.05) is 18.2 Å². The molecule has 5 N–H and O–H groups in total. The van der Waals surface area contributed by atoms with Crippen LogP contribution in [0, 0.1) is 11.3 Å². The van der Waals surface area contributed by atoms with Gasteiger partial charge in [-0.3, -0.25) is 14.4 Å². The molecule has 34 heavy (non-hydrogen) atoms. The quantitative estimate of drug-likeness (QED) is 0.577. The summed E-state index contributed by atoms with van der Waals surface area (Å²) in [7, 11) is 0. The molecule has 2 heterocycles. The van der Waals surface area contributed by atoms with Crippen LogP contribution in [-0.2, 0) is 33.8 Å². The van der Waals surface area contributed by atoms with Crippen molar-refractivity contribution in [3.05, 3.63) is 70.3 Å². The van der Waals surface area contributed by atoms with E-state index in [1.807, 2.05) is 24.3 Å². The van der Waals surface area contributed by atoms with Crippen LogP contribution >= 0.6 is 0 Å². The molecule has 2 aromatic carbocycles. The second kappa shape index (κ2) is 9.63. The molecule has 2 aliphatic heterocycles. The number of nitrogens with one attached hydrogen (secondary N) is 1. The van der Waals surface area contributed by atoms with E-state index < -0.39 is 23.4 Å². The Balaban J connectivity index is 1.43. The van der Waals surface area contributed by atoms with Gasteiger partial charge in [0.15, 0.2) is 0 Å². The monoisotopic (exact) mass is 461 g/mol. The van der Waals surface area contributed by atoms with Gasteiger partial charge in [0, 0.05) is 38.3 Å². The van der Waals surface area contributed by atoms with Crippen molar-refractivity contribution < 1.29 is 19.1 Å². The number of nitriles is 1. The summed E-state index contributed by atoms with van der Waals surface area (Å²) >= 11 is 0. The molecule has 0 aliphatic carbocycles. The minimum Gasteiger partial charge on any atom is -0.381 e. The maximum Gasteiger partial charge on any atom is 0.254 e. The van der Waals surface area contributed by atoms with E-state index in [1.54, 1.807) is 29.2 Å². The van der Waals surface area contributed by atoms with E-state index in [0.717, 1.165) is 16.7 Å². The standard InChI is InChI=1S/C25H27N5O4/c26-13-16-1-4-18(5-2-16)23(32)30-14-19-6-3-17(11-20(19)15-30)12-21(22(27)31)29-24(33)25(28)7-9-34-10-8-25/h1-6,11,21H,7-10,12,14-15,28H2,(H2,27,31)(H,29,33)/t21-/m0/s1. The number of amides is 3. The van der Waals surface area contributed by atoms with Crippen molar-refractivity contribution in [3.8, 4) is 6.07 Å². The van der Waals surface area contributed by atoms with Crippen LogP contribution in [0.15, 0.2) is 42.5 Å². The molecular formula is C25H27N5O4. The Bertz CT molecular complexity index is 1150. The highest BCUT2D eigenvalue weighted by Crippen LogP contribution is 2.26. The molecule has 176 valence electrons. The summed E-state index contributed by atoms with van der Waals surface area (Å²) < 4.78 is 5.28. The summed E-state index contributed by atoms with van der Waals surface area (Å²) in [6, 6.07) is 13.4. The zero-order valence-corrected chi connectivity index (χ0v) is 18.8. The number of hydrogen-bond donors (Lipinski definition) is 3. The molecule has 3 amide bonds. The van der Waals surface area contributed by atoms with E-state index in [4.69, 9.17) is 21.5 Å². The molecule has 0 radical (unpaired) electrons. The van der Waals surface area contributed by atoms with E-state index >= 15 is 0 Å². The fourth-order valence-corrected chi connectivity index (χ4v) is 4.31. The smallest absolute Gasteiger partial charge is 0.254 e. The number of benzene rings is 2. The first-order chi connectivity index (χ1) is 16.3. The van der Waals surface area contributed by atoms with Crippen molar-refractivity contribution in [2.45, 2.75) is 43.9 Å². The minimum absolute atomic E-state index is 0.116. The summed E-state index contributed by atoms with van der Waals surface area (Å²) in [4.78, 5) is 39.4. The van der Waals surface area contributed by atoms with Crippen LogP contribution in [0.2, 0.25) is 0 Å². The lowest BCUT2D eigenvalue weighted by atomic mass is 9.89. The van der Waals surface area contributed by atoms with Crippen LogP contribution in [0.25, 0.3) is 0 Å². The fraction of sp³-hybridized carbons (Fsp3) is 0.360. The predicted octanol–water partition coefficient (Wildman–Crippen LogP) is 0.735. The fourth-order valence-electron chi connectivity index (χ4n) is 4.31. The van der Waals surface area contributed by atoms with Gasteiger partial charge in [0.05, 0.1) is 17.2 Å². The lowest BCUT2D eigenvalue weighted by molar-refractivity contribution is -0.133. The highest BCUT2D eigenvalue weighted by Gasteiger charge is 2.37. The SMILES string of the molecule is N#Cc1ccc(C(=O)N2Cc3ccc(C[C@H](NC(=O)C4(N)CCOCC4)C(N)=O)cc3C2)cc1. The van der Waals surface area contributed by atoms with Crippen molar-refractivity contribution >= 4 is 17.7 Å². The molecule has 0 saturated carbocycles. The van der Waals surface area contributed by atoms with Gasteiger partial charge in [0.1, 0.15) is 6.04 Å². The van der Waals surface area contributed by atoms with E-state index in [1.165, 1.54) is 0 Å². The number of fused-ring (bicyclic) bond motifs is 1. The Labute approximate surface area is 197 Å². The molecule has 2 aliphatic rings. The zero-order valence-electron chi connectivity index (χ0n) is 18.8. The van der Waals surface area contributed by atoms with Crippen LogP contribution in [0.1, 0.15) is 45.5 Å². The molecule has 1 fully saturated rings. The number of carbonyl (C=O) groups excluding carboxylic acids is 3. The van der Waals surface area contributed by atoms with Gasteiger partial charge < -0.3 is 26.4 Å². The first-order valence-corrected chi connectivity index (χ1v) is 11.2. The summed E-state index contributed by atoms with van der Waals surface area (Å²) in [6.45, 7) is 1.70. The molecule has 0 spiro atoms. The molecule has 9 nitrogen and oxygen atoms in total. The first-order valence-electron chi connectivity index (χ1n) is 11.2. The van der Waals surface area contributed by atoms with Crippen LogP contribution in [-0.4, -0.2) is 47.4 Å². The molecule has 0 bridgehead atoms. The van der Waals surface area contributed by atoms with Gasteiger partial charge in [0.25, 0.3) is 5.91 Å². The summed E-state index contributed by atoms with van der Waals surface area (Å²) in [5, 5.41) is 11.7. The molecule has 0 unspecified atom stereocenters. The Kier molecular flexibility index (Phi) is 6.63. The van der Waals surface area contributed by atoms with Gasteiger partial charge in [-0.2, -0.15) is 5.26 Å². The van der Waals surface area contributed by atoms with Crippen molar-refractivity contribution in [3.63, 3.8) is 0 Å². The lowest BCUT2D eigenvalue weighted by Crippen LogP contribution is -2.60. The molecule has 4 rings (SSSR count). The largest absolute Gasteiger partial charge is 0.381 e. The van der Waals surface area contributed by atoms with Crippen LogP contribution in [0.3, 0.4) is 0 Å². The predicted molar refractivity (Wildman–Crippen MR) is 123 cm³/mol. The topological polar surface area (TPSA) is 152 Å². The van der Waals surface area contributed by atoms with Crippen molar-refractivity contribution in [2.24, 2.45) is 11.5 Å². The van der Waals surface area contributed by atoms with Crippen LogP contribution in [0.4, 0.5) is 0 Å². The molecule has 1 atom stereocenters. The normalized spacial score (nSPS) is 17.4. The number of ether oxygens (including phenoxy) is 1. The Morgan fingerprint density at radius 3 is 2.41 bits per heavy atom. The van der Waals surface area contributed by atoms with Gasteiger partial charge in [-0.05, 0) is 53.8 Å². The molecule has 1 saturated heterocycles. The molecule has 0 aromatic heterocycles. The van der Waals surface area contributed by atoms with Crippen molar-refractivity contribution in [2.75, 3.05) is 13.2 Å². The molecular weight excluding hydrogens is 434 g/mol. The number of nitrogens with zero attached hydrogens (tertiary/aromatic N) is 2. The lowest BCUT2D eigenvalue weighted by Gasteiger charge is -2.33. The average molecular weight is 462 g/mol. The zero-order chi connectivity index (χ0) is 24.3. The maximum absolute atomic E-state index is 12.9. The van der Waals surface area contributed by atoms with Gasteiger partial charge >= 0.3 is 0 Å². The Morgan fingerprint density at radius 1 is 1.09 bits per heavy atom. The minimum atomic E-state index is -1.07. The summed E-state index contributed by atoms with van der Waals surface area (Å²) in [5.41, 5.74) is 14.6. The number of primary amides is 1. The Hall–Kier alpha value is -3.74. The number of rotatable bonds is 6. The maximum atomic E-state index is 12.9. The number of hydrogen-bond acceptors (Lipinski definition) is 6. The third-order valence-corrected chi connectivity index (χ3v) is 6.47. The van der Waals surface area contributed by atoms with Crippen molar-refractivity contribution in [1.82, 2.24) is 10.2 Å². The molecule has 9 heteroatoms. The molecule has 2 aromatic rings. The highest BCUT2D eigenvalue weighted by molar-refractivity contribution is 5.94. The number of carbonyl (C=O) groups is 3. The third kappa shape index (κ3) is 4.93. The second-order valence-electron chi connectivity index (χ2n) is 8.85. The van der Waals surface area contributed by atoms with E-state index in [0.29, 0.717) is 50.3 Å². The van der Waals surface area contributed by atoms with E-state index in [9.17, 15) is 14.4 Å². The average Bonchev–Trinajstić information content (AvgIpc) is 3.27. The first kappa shape index (κ1) is 23.4. The van der Waals surface area contributed by atoms with Crippen LogP contribution in [0.5, 0.6) is 0 Å². The highest BCUT2D eigenvalue weighted by atomic mass is 16.5. The van der Waals surface area contributed by atoms with Gasteiger partial charge in [-0.15, -0.1) is 0 Å². The van der Waals surface area contributed by atoms with Crippen molar-refractivity contribution in [1.29, 1.82) is 5.26 Å². The summed E-state index contributed by atoms with van der Waals surface area (Å²) in [6.07, 6.45) is 0.989. The second-order valence-corrected chi connectivity index (χ2v) is 8.85. The summed E-state index contributed by atoms with van der Waals surface area (Å²) in [5.74, 6) is -1.16. The van der Waals surface area contributed by atoms with Gasteiger partial charge in [0.2, 0.25) is 11.8 Å².